The molecule has 1 heterocycles. The maximum atomic E-state index is 13.2. The maximum Gasteiger partial charge on any atom is 0.339 e. The number of sulfonamides is 1. The third-order valence-electron chi connectivity index (χ3n) is 4.81. The molecular weight excluding hydrogens is 404 g/mol. The van der Waals surface area contributed by atoms with Gasteiger partial charge in [-0.05, 0) is 24.3 Å². The molecule has 1 aliphatic heterocycles. The van der Waals surface area contributed by atoms with Crippen LogP contribution in [0.4, 0.5) is 11.4 Å². The average Bonchev–Trinajstić information content (AvgIpc) is 2.76. The van der Waals surface area contributed by atoms with Crippen LogP contribution in [0.3, 0.4) is 0 Å². The number of esters is 1. The molecule has 152 valence electrons. The molecule has 0 fully saturated rings. The number of carbonyl (C=O) groups is 2. The minimum Gasteiger partial charge on any atom is -0.465 e. The van der Waals surface area contributed by atoms with Gasteiger partial charge in [-0.3, -0.25) is 9.10 Å². The van der Waals surface area contributed by atoms with E-state index in [0.29, 0.717) is 11.3 Å². The van der Waals surface area contributed by atoms with Crippen molar-refractivity contribution in [1.29, 1.82) is 0 Å². The minimum absolute atomic E-state index is 0.145. The Bertz CT molecular complexity index is 1250. The number of rotatable bonds is 4. The average molecular weight is 422 g/mol. The van der Waals surface area contributed by atoms with Crippen LogP contribution in [0.2, 0.25) is 0 Å². The van der Waals surface area contributed by atoms with Gasteiger partial charge in [0.2, 0.25) is 5.91 Å². The zero-order chi connectivity index (χ0) is 21.3. The van der Waals surface area contributed by atoms with Crippen LogP contribution < -0.4 is 9.62 Å². The zero-order valence-corrected chi connectivity index (χ0v) is 16.8. The second kappa shape index (κ2) is 7.64. The lowest BCUT2D eigenvalue weighted by Gasteiger charge is -2.31. The molecule has 8 heteroatoms. The number of fused-ring (bicyclic) bond motifs is 3. The van der Waals surface area contributed by atoms with Gasteiger partial charge in [0, 0.05) is 11.1 Å². The number of ether oxygens (including phenoxy) is 1. The number of carbonyl (C=O) groups excluding carboxylic acids is 2. The molecule has 0 aliphatic carbocycles. The van der Waals surface area contributed by atoms with E-state index in [9.17, 15) is 18.0 Å². The van der Waals surface area contributed by atoms with Gasteiger partial charge in [-0.15, -0.1) is 0 Å². The Labute approximate surface area is 174 Å². The number of methoxy groups -OCH3 is 1. The van der Waals surface area contributed by atoms with E-state index >= 15 is 0 Å². The highest BCUT2D eigenvalue weighted by atomic mass is 32.2. The van der Waals surface area contributed by atoms with E-state index in [-0.39, 0.29) is 16.1 Å². The number of nitrogens with zero attached hydrogens (tertiary/aromatic N) is 1. The summed E-state index contributed by atoms with van der Waals surface area (Å²) < 4.78 is 32.3. The van der Waals surface area contributed by atoms with Crippen LogP contribution in [0.15, 0.2) is 77.7 Å². The van der Waals surface area contributed by atoms with Gasteiger partial charge in [0.25, 0.3) is 10.0 Å². The Morgan fingerprint density at radius 3 is 2.30 bits per heavy atom. The summed E-state index contributed by atoms with van der Waals surface area (Å²) in [4.78, 5) is 24.9. The Morgan fingerprint density at radius 2 is 1.53 bits per heavy atom. The smallest absolute Gasteiger partial charge is 0.339 e. The molecule has 0 unspecified atom stereocenters. The topological polar surface area (TPSA) is 92.8 Å². The molecule has 7 nitrogen and oxygen atoms in total. The maximum absolute atomic E-state index is 13.2. The first-order valence-electron chi connectivity index (χ1n) is 9.12. The first kappa shape index (κ1) is 19.7. The molecule has 0 spiro atoms. The van der Waals surface area contributed by atoms with E-state index < -0.39 is 28.4 Å². The fourth-order valence-electron chi connectivity index (χ4n) is 3.45. The van der Waals surface area contributed by atoms with Crippen molar-refractivity contribution in [2.24, 2.45) is 0 Å². The van der Waals surface area contributed by atoms with E-state index in [2.05, 4.69) is 5.32 Å². The van der Waals surface area contributed by atoms with Gasteiger partial charge in [0.1, 0.15) is 6.54 Å². The van der Waals surface area contributed by atoms with Crippen molar-refractivity contribution in [1.82, 2.24) is 0 Å². The van der Waals surface area contributed by atoms with E-state index in [4.69, 9.17) is 4.74 Å². The summed E-state index contributed by atoms with van der Waals surface area (Å²) >= 11 is 0. The van der Waals surface area contributed by atoms with Gasteiger partial charge < -0.3 is 10.1 Å². The minimum atomic E-state index is -3.93. The molecule has 4 rings (SSSR count). The van der Waals surface area contributed by atoms with Crippen LogP contribution in [-0.2, 0) is 19.6 Å². The predicted octanol–water partition coefficient (Wildman–Crippen LogP) is 3.29. The van der Waals surface area contributed by atoms with Crippen molar-refractivity contribution in [3.8, 4) is 11.1 Å². The number of amides is 1. The van der Waals surface area contributed by atoms with Crippen molar-refractivity contribution in [2.45, 2.75) is 4.90 Å². The fourth-order valence-corrected chi connectivity index (χ4v) is 5.10. The van der Waals surface area contributed by atoms with Gasteiger partial charge >= 0.3 is 5.97 Å². The van der Waals surface area contributed by atoms with Crippen molar-refractivity contribution >= 4 is 33.3 Å². The van der Waals surface area contributed by atoms with Crippen LogP contribution in [0.5, 0.6) is 0 Å². The van der Waals surface area contributed by atoms with E-state index in [1.54, 1.807) is 48.5 Å². The largest absolute Gasteiger partial charge is 0.465 e. The number of benzene rings is 3. The number of para-hydroxylation sites is 2. The predicted molar refractivity (Wildman–Crippen MR) is 113 cm³/mol. The summed E-state index contributed by atoms with van der Waals surface area (Å²) in [5, 5.41) is 2.62. The molecule has 1 N–H and O–H groups in total. The van der Waals surface area contributed by atoms with Crippen LogP contribution in [0.1, 0.15) is 10.4 Å². The highest BCUT2D eigenvalue weighted by molar-refractivity contribution is 7.93. The van der Waals surface area contributed by atoms with Crippen molar-refractivity contribution in [2.75, 3.05) is 23.3 Å². The summed E-state index contributed by atoms with van der Waals surface area (Å²) in [6.07, 6.45) is 0. The van der Waals surface area contributed by atoms with Crippen LogP contribution in [-0.4, -0.2) is 33.9 Å². The van der Waals surface area contributed by atoms with E-state index in [1.807, 2.05) is 12.1 Å². The second-order valence-corrected chi connectivity index (χ2v) is 8.44. The summed E-state index contributed by atoms with van der Waals surface area (Å²) in [5.41, 5.74) is 2.18. The lowest BCUT2D eigenvalue weighted by atomic mass is 10.0. The standard InChI is InChI=1S/C22H18N2O5S/c1-29-22(26)17-10-2-5-11-18(17)23-21(25)14-24-19-12-6-3-8-15(19)16-9-4-7-13-20(16)30(24,27)28/h2-13H,14H2,1H3,(H,23,25). The van der Waals surface area contributed by atoms with Gasteiger partial charge in [-0.1, -0.05) is 48.5 Å². The normalized spacial score (nSPS) is 13.7. The highest BCUT2D eigenvalue weighted by Gasteiger charge is 2.35. The fraction of sp³-hybridized carbons (Fsp3) is 0.0909. The Kier molecular flexibility index (Phi) is 5.01. The molecule has 1 amide bonds. The second-order valence-electron chi connectivity index (χ2n) is 6.61. The summed E-state index contributed by atoms with van der Waals surface area (Å²) in [6.45, 7) is -0.441. The van der Waals surface area contributed by atoms with Gasteiger partial charge in [-0.25, -0.2) is 13.2 Å². The number of hydrogen-bond acceptors (Lipinski definition) is 5. The number of nitrogens with one attached hydrogen (secondary N) is 1. The Morgan fingerprint density at radius 1 is 0.900 bits per heavy atom. The number of hydrogen-bond donors (Lipinski definition) is 1. The lowest BCUT2D eigenvalue weighted by molar-refractivity contribution is -0.114. The molecule has 0 saturated heterocycles. The molecule has 1 aliphatic rings. The lowest BCUT2D eigenvalue weighted by Crippen LogP contribution is -2.40. The summed E-state index contributed by atoms with van der Waals surface area (Å²) in [6, 6.07) is 20.1. The molecule has 3 aromatic carbocycles. The molecule has 0 saturated carbocycles. The molecule has 0 radical (unpaired) electrons. The van der Waals surface area contributed by atoms with Crippen molar-refractivity contribution in [3.05, 3.63) is 78.4 Å². The van der Waals surface area contributed by atoms with E-state index in [1.165, 1.54) is 19.2 Å². The van der Waals surface area contributed by atoms with Crippen molar-refractivity contribution < 1.29 is 22.7 Å². The Balaban J connectivity index is 1.69. The highest BCUT2D eigenvalue weighted by Crippen LogP contribution is 2.42. The van der Waals surface area contributed by atoms with Crippen LogP contribution in [0, 0.1) is 0 Å². The molecule has 0 bridgehead atoms. The monoisotopic (exact) mass is 422 g/mol. The van der Waals surface area contributed by atoms with Gasteiger partial charge in [0.15, 0.2) is 0 Å². The van der Waals surface area contributed by atoms with Gasteiger partial charge in [-0.2, -0.15) is 0 Å². The zero-order valence-electron chi connectivity index (χ0n) is 16.0. The molecule has 0 atom stereocenters. The SMILES string of the molecule is COC(=O)c1ccccc1NC(=O)CN1c2ccccc2-c2ccccc2S1(=O)=O. The van der Waals surface area contributed by atoms with Gasteiger partial charge in [0.05, 0.1) is 28.9 Å². The number of anilines is 2. The quantitative estimate of drug-likeness (QED) is 0.652. The van der Waals surface area contributed by atoms with Crippen LogP contribution >= 0.6 is 0 Å². The summed E-state index contributed by atoms with van der Waals surface area (Å²) in [7, 11) is -2.69. The third kappa shape index (κ3) is 3.31. The Hall–Kier alpha value is -3.65. The molecule has 3 aromatic rings. The first-order chi connectivity index (χ1) is 14.4. The van der Waals surface area contributed by atoms with Crippen LogP contribution in [0.25, 0.3) is 11.1 Å². The van der Waals surface area contributed by atoms with E-state index in [0.717, 1.165) is 9.87 Å². The van der Waals surface area contributed by atoms with Crippen molar-refractivity contribution in [3.63, 3.8) is 0 Å². The first-order valence-corrected chi connectivity index (χ1v) is 10.6. The summed E-state index contributed by atoms with van der Waals surface area (Å²) in [5.74, 6) is -1.18. The molecule has 30 heavy (non-hydrogen) atoms. The molecular formula is C22H18N2O5S. The third-order valence-corrected chi connectivity index (χ3v) is 6.63. The molecule has 0 aromatic heterocycles.